The van der Waals surface area contributed by atoms with Gasteiger partial charge in [0, 0.05) is 33.7 Å². The lowest BCUT2D eigenvalue weighted by atomic mass is 10.0. The van der Waals surface area contributed by atoms with Gasteiger partial charge in [0.1, 0.15) is 11.1 Å². The lowest BCUT2D eigenvalue weighted by Gasteiger charge is -2.06. The highest BCUT2D eigenvalue weighted by Gasteiger charge is 2.14. The van der Waals surface area contributed by atoms with Crippen LogP contribution in [0.3, 0.4) is 0 Å². The first-order chi connectivity index (χ1) is 13.6. The van der Waals surface area contributed by atoms with Crippen molar-refractivity contribution in [3.8, 4) is 6.07 Å². The van der Waals surface area contributed by atoms with Crippen molar-refractivity contribution in [1.82, 2.24) is 15.0 Å². The number of halogens is 1. The van der Waals surface area contributed by atoms with Crippen molar-refractivity contribution >= 4 is 66.6 Å². The van der Waals surface area contributed by atoms with Gasteiger partial charge in [-0.1, -0.05) is 23.7 Å². The topological polar surface area (TPSA) is 65.4 Å². The minimum absolute atomic E-state index is 0.514. The number of allylic oxidation sites excluding steroid dienone is 1. The Labute approximate surface area is 169 Å². The molecular weight excluding hydrogens is 388 g/mol. The zero-order valence-electron chi connectivity index (χ0n) is 14.8. The maximum atomic E-state index is 9.78. The Morgan fingerprint density at radius 1 is 1.18 bits per heavy atom. The van der Waals surface area contributed by atoms with E-state index < -0.39 is 0 Å². The molecule has 1 N–H and O–H groups in total. The maximum Gasteiger partial charge on any atom is 0.135 e. The maximum absolute atomic E-state index is 9.78. The number of nitrogens with zero attached hydrogens (tertiary/aromatic N) is 3. The molecule has 0 unspecified atom stereocenters. The molecule has 4 nitrogen and oxygen atoms in total. The highest BCUT2D eigenvalue weighted by Crippen LogP contribution is 2.35. The van der Waals surface area contributed by atoms with Gasteiger partial charge in [-0.3, -0.25) is 4.98 Å². The fraction of sp³-hybridized carbons (Fsp3) is 0.0455. The number of thiazole rings is 1. The van der Waals surface area contributed by atoms with E-state index in [-0.39, 0.29) is 0 Å². The summed E-state index contributed by atoms with van der Waals surface area (Å²) in [5, 5.41) is 13.0. The monoisotopic (exact) mass is 400 g/mol. The van der Waals surface area contributed by atoms with E-state index in [9.17, 15) is 5.26 Å². The summed E-state index contributed by atoms with van der Waals surface area (Å²) in [6, 6.07) is 16.0. The third-order valence-corrected chi connectivity index (χ3v) is 6.04. The lowest BCUT2D eigenvalue weighted by Crippen LogP contribution is -1.86. The highest BCUT2D eigenvalue weighted by molar-refractivity contribution is 7.19. The van der Waals surface area contributed by atoms with Gasteiger partial charge in [-0.15, -0.1) is 11.3 Å². The summed E-state index contributed by atoms with van der Waals surface area (Å²) in [7, 11) is 0. The van der Waals surface area contributed by atoms with Gasteiger partial charge in [0.2, 0.25) is 0 Å². The van der Waals surface area contributed by atoms with Crippen LogP contribution in [0, 0.1) is 18.3 Å². The number of fused-ring (bicyclic) bond motifs is 4. The van der Waals surface area contributed by atoms with Crippen molar-refractivity contribution in [2.45, 2.75) is 6.92 Å². The summed E-state index contributed by atoms with van der Waals surface area (Å²) in [6.07, 6.45) is 3.63. The average Bonchev–Trinajstić information content (AvgIpc) is 3.29. The molecule has 0 radical (unpaired) electrons. The number of H-pyrrole nitrogens is 1. The zero-order chi connectivity index (χ0) is 19.3. The smallest absolute Gasteiger partial charge is 0.135 e. The van der Waals surface area contributed by atoms with Crippen LogP contribution in [0.1, 0.15) is 16.3 Å². The summed E-state index contributed by atoms with van der Waals surface area (Å²) < 4.78 is 1.06. The van der Waals surface area contributed by atoms with E-state index >= 15 is 0 Å². The van der Waals surface area contributed by atoms with Gasteiger partial charge in [0.15, 0.2) is 0 Å². The van der Waals surface area contributed by atoms with E-state index in [1.165, 1.54) is 11.3 Å². The SMILES string of the molecule is Cc1cc(Cl)c2c(ccc3ncc(/C=C(/C#N)c4nc5ccccc5s4)c32)[nH]1. The number of aromatic amines is 1. The van der Waals surface area contributed by atoms with Crippen molar-refractivity contribution in [1.29, 1.82) is 5.26 Å². The van der Waals surface area contributed by atoms with Crippen LogP contribution >= 0.6 is 22.9 Å². The van der Waals surface area contributed by atoms with Gasteiger partial charge >= 0.3 is 0 Å². The van der Waals surface area contributed by atoms with Gasteiger partial charge in [-0.25, -0.2) is 4.98 Å². The van der Waals surface area contributed by atoms with E-state index in [2.05, 4.69) is 21.0 Å². The fourth-order valence-electron chi connectivity index (χ4n) is 3.45. The number of hydrogen-bond acceptors (Lipinski definition) is 4. The number of aryl methyl sites for hydroxylation is 1. The number of para-hydroxylation sites is 1. The van der Waals surface area contributed by atoms with Crippen LogP contribution in [0.5, 0.6) is 0 Å². The summed E-state index contributed by atoms with van der Waals surface area (Å²) in [4.78, 5) is 12.5. The first kappa shape index (κ1) is 16.9. The molecule has 6 heteroatoms. The second-order valence-electron chi connectivity index (χ2n) is 6.55. The minimum atomic E-state index is 0.514. The van der Waals surface area contributed by atoms with Crippen LogP contribution in [0.15, 0.2) is 48.7 Å². The standard InChI is InChI=1S/C22H13ClN4S/c1-12-8-15(23)21-18(26-12)7-6-17-20(21)14(11-25-17)9-13(10-24)22-27-16-4-2-3-5-19(16)28-22/h2-9,11,26H,1H3/b13-9-. The first-order valence-electron chi connectivity index (χ1n) is 8.68. The Bertz CT molecular complexity index is 1420. The molecule has 5 aromatic rings. The largest absolute Gasteiger partial charge is 0.359 e. The third kappa shape index (κ3) is 2.66. The quantitative estimate of drug-likeness (QED) is 0.351. The van der Waals surface area contributed by atoms with Gasteiger partial charge in [-0.05, 0) is 43.3 Å². The molecule has 28 heavy (non-hydrogen) atoms. The molecule has 3 heterocycles. The number of pyridine rings is 1. The van der Waals surface area contributed by atoms with E-state index in [1.54, 1.807) is 6.20 Å². The van der Waals surface area contributed by atoms with Gasteiger partial charge < -0.3 is 4.98 Å². The van der Waals surface area contributed by atoms with E-state index in [0.29, 0.717) is 15.6 Å². The van der Waals surface area contributed by atoms with Crippen LogP contribution in [0.25, 0.3) is 43.7 Å². The van der Waals surface area contributed by atoms with Crippen LogP contribution < -0.4 is 0 Å². The second-order valence-corrected chi connectivity index (χ2v) is 7.99. The number of aromatic nitrogens is 3. The van der Waals surface area contributed by atoms with Crippen LogP contribution in [0.2, 0.25) is 5.02 Å². The molecule has 0 amide bonds. The third-order valence-electron chi connectivity index (χ3n) is 4.67. The van der Waals surface area contributed by atoms with Crippen LogP contribution in [-0.2, 0) is 0 Å². The van der Waals surface area contributed by atoms with Gasteiger partial charge in [-0.2, -0.15) is 5.26 Å². The molecular formula is C22H13ClN4S. The molecule has 3 aromatic heterocycles. The molecule has 0 bridgehead atoms. The number of nitriles is 1. The van der Waals surface area contributed by atoms with Crippen LogP contribution in [-0.4, -0.2) is 15.0 Å². The Kier molecular flexibility index (Phi) is 3.90. The molecule has 0 saturated heterocycles. The Hall–Kier alpha value is -3.20. The summed E-state index contributed by atoms with van der Waals surface area (Å²) >= 11 is 8.08. The fourth-order valence-corrected chi connectivity index (χ4v) is 4.74. The predicted molar refractivity (Wildman–Crippen MR) is 116 cm³/mol. The van der Waals surface area contributed by atoms with Crippen LogP contribution in [0.4, 0.5) is 0 Å². The lowest BCUT2D eigenvalue weighted by molar-refractivity contribution is 1.26. The summed E-state index contributed by atoms with van der Waals surface area (Å²) in [6.45, 7) is 1.97. The molecule has 0 saturated carbocycles. The minimum Gasteiger partial charge on any atom is -0.359 e. The molecule has 0 aliphatic heterocycles. The average molecular weight is 401 g/mol. The molecule has 2 aromatic carbocycles. The number of rotatable bonds is 2. The zero-order valence-corrected chi connectivity index (χ0v) is 16.4. The van der Waals surface area contributed by atoms with Crippen molar-refractivity contribution in [3.63, 3.8) is 0 Å². The summed E-state index contributed by atoms with van der Waals surface area (Å²) in [5.74, 6) is 0. The molecule has 0 spiro atoms. The molecule has 0 aliphatic rings. The predicted octanol–water partition coefficient (Wildman–Crippen LogP) is 6.35. The Balaban J connectivity index is 1.76. The number of hydrogen-bond donors (Lipinski definition) is 1. The summed E-state index contributed by atoms with van der Waals surface area (Å²) in [5.41, 5.74) is 5.04. The van der Waals surface area contributed by atoms with Crippen molar-refractivity contribution in [3.05, 3.63) is 69.9 Å². The number of nitrogens with one attached hydrogen (secondary N) is 1. The van der Waals surface area contributed by atoms with Gasteiger partial charge in [0.25, 0.3) is 0 Å². The molecule has 134 valence electrons. The van der Waals surface area contributed by atoms with E-state index in [0.717, 1.165) is 43.3 Å². The Morgan fingerprint density at radius 3 is 2.86 bits per heavy atom. The van der Waals surface area contributed by atoms with E-state index in [4.69, 9.17) is 11.6 Å². The number of benzene rings is 2. The van der Waals surface area contributed by atoms with Gasteiger partial charge in [0.05, 0.1) is 26.3 Å². The Morgan fingerprint density at radius 2 is 2.04 bits per heavy atom. The normalized spacial score (nSPS) is 12.1. The molecule has 5 rings (SSSR count). The van der Waals surface area contributed by atoms with Crippen molar-refractivity contribution in [2.75, 3.05) is 0 Å². The highest BCUT2D eigenvalue weighted by atomic mass is 35.5. The van der Waals surface area contributed by atoms with Crippen molar-refractivity contribution < 1.29 is 0 Å². The second kappa shape index (κ2) is 6.45. The van der Waals surface area contributed by atoms with E-state index in [1.807, 2.05) is 55.5 Å². The van der Waals surface area contributed by atoms with Crippen molar-refractivity contribution in [2.24, 2.45) is 0 Å². The first-order valence-corrected chi connectivity index (χ1v) is 9.88. The molecule has 0 aliphatic carbocycles. The molecule has 0 atom stereocenters. The molecule has 0 fully saturated rings.